The van der Waals surface area contributed by atoms with Gasteiger partial charge in [0, 0.05) is 39.0 Å². The van der Waals surface area contributed by atoms with E-state index >= 15 is 0 Å². The SMILES string of the molecule is COC(CCNC(=O)CCC(C)CCNC(=O)OCC1c2ccccc2-c2ccccc21)C(=O)O. The molecule has 2 aromatic rings. The smallest absolute Gasteiger partial charge is 0.407 e. The van der Waals surface area contributed by atoms with E-state index in [1.165, 1.54) is 29.4 Å². The number of amides is 2. The standard InChI is InChI=1S/C27H34N2O6/c1-18(11-12-25(30)28-16-14-24(34-2)26(31)32)13-15-29-27(33)35-17-23-21-9-5-3-7-19(21)20-8-4-6-10-22(20)23/h3-10,18,23-24H,11-17H2,1-2H3,(H,28,30)(H,29,33)(H,31,32). The monoisotopic (exact) mass is 482 g/mol. The first-order valence-electron chi connectivity index (χ1n) is 12.0. The summed E-state index contributed by atoms with van der Waals surface area (Å²) in [6, 6.07) is 16.4. The van der Waals surface area contributed by atoms with Gasteiger partial charge in [-0.15, -0.1) is 0 Å². The predicted molar refractivity (Wildman–Crippen MR) is 132 cm³/mol. The molecule has 8 heteroatoms. The van der Waals surface area contributed by atoms with Crippen molar-refractivity contribution in [3.8, 4) is 11.1 Å². The second-order valence-corrected chi connectivity index (χ2v) is 8.89. The largest absolute Gasteiger partial charge is 0.479 e. The Hall–Kier alpha value is -3.39. The van der Waals surface area contributed by atoms with E-state index in [9.17, 15) is 14.4 Å². The number of rotatable bonds is 13. The van der Waals surface area contributed by atoms with Crippen molar-refractivity contribution in [1.29, 1.82) is 0 Å². The van der Waals surface area contributed by atoms with Crippen LogP contribution in [0.5, 0.6) is 0 Å². The first-order valence-corrected chi connectivity index (χ1v) is 12.0. The van der Waals surface area contributed by atoms with Crippen LogP contribution >= 0.6 is 0 Å². The molecule has 0 heterocycles. The number of alkyl carbamates (subject to hydrolysis) is 1. The first-order chi connectivity index (χ1) is 16.9. The zero-order valence-corrected chi connectivity index (χ0v) is 20.3. The lowest BCUT2D eigenvalue weighted by molar-refractivity contribution is -0.149. The molecule has 1 aliphatic rings. The van der Waals surface area contributed by atoms with Gasteiger partial charge in [-0.05, 0) is 41.0 Å². The van der Waals surface area contributed by atoms with Crippen molar-refractivity contribution in [2.24, 2.45) is 5.92 Å². The highest BCUT2D eigenvalue weighted by Crippen LogP contribution is 2.44. The van der Waals surface area contributed by atoms with Gasteiger partial charge < -0.3 is 25.2 Å². The van der Waals surface area contributed by atoms with Crippen molar-refractivity contribution < 1.29 is 29.0 Å². The number of carbonyl (C=O) groups excluding carboxylic acids is 2. The maximum Gasteiger partial charge on any atom is 0.407 e. The average molecular weight is 483 g/mol. The Balaban J connectivity index is 1.32. The topological polar surface area (TPSA) is 114 Å². The minimum absolute atomic E-state index is 0.0280. The third kappa shape index (κ3) is 7.29. The van der Waals surface area contributed by atoms with Gasteiger partial charge in [-0.25, -0.2) is 9.59 Å². The number of fused-ring (bicyclic) bond motifs is 3. The highest BCUT2D eigenvalue weighted by atomic mass is 16.5. The molecule has 35 heavy (non-hydrogen) atoms. The van der Waals surface area contributed by atoms with E-state index in [-0.39, 0.29) is 37.3 Å². The van der Waals surface area contributed by atoms with Crippen molar-refractivity contribution in [3.63, 3.8) is 0 Å². The molecule has 2 unspecified atom stereocenters. The lowest BCUT2D eigenvalue weighted by atomic mass is 9.98. The molecule has 0 spiro atoms. The lowest BCUT2D eigenvalue weighted by Crippen LogP contribution is -2.31. The van der Waals surface area contributed by atoms with E-state index in [2.05, 4.69) is 34.9 Å². The normalized spacial score (nSPS) is 13.9. The summed E-state index contributed by atoms with van der Waals surface area (Å²) in [5.41, 5.74) is 4.73. The molecule has 3 N–H and O–H groups in total. The van der Waals surface area contributed by atoms with E-state index in [0.29, 0.717) is 19.4 Å². The predicted octanol–water partition coefficient (Wildman–Crippen LogP) is 3.94. The van der Waals surface area contributed by atoms with Gasteiger partial charge in [0.1, 0.15) is 6.61 Å². The Morgan fingerprint density at radius 3 is 2.11 bits per heavy atom. The van der Waals surface area contributed by atoms with Crippen LogP contribution < -0.4 is 10.6 Å². The molecule has 188 valence electrons. The van der Waals surface area contributed by atoms with E-state index in [0.717, 1.165) is 6.42 Å². The Kier molecular flexibility index (Phi) is 9.66. The molecule has 2 amide bonds. The summed E-state index contributed by atoms with van der Waals surface area (Å²) in [6.45, 7) is 3.02. The fourth-order valence-corrected chi connectivity index (χ4v) is 4.37. The Bertz CT molecular complexity index is 979. The number of hydrogen-bond donors (Lipinski definition) is 3. The fraction of sp³-hybridized carbons (Fsp3) is 0.444. The number of carboxylic acids is 1. The quantitative estimate of drug-likeness (QED) is 0.399. The molecule has 0 bridgehead atoms. The van der Waals surface area contributed by atoms with E-state index in [1.54, 1.807) is 0 Å². The zero-order chi connectivity index (χ0) is 25.2. The van der Waals surface area contributed by atoms with E-state index in [4.69, 9.17) is 14.6 Å². The molecular weight excluding hydrogens is 448 g/mol. The summed E-state index contributed by atoms with van der Waals surface area (Å²) in [4.78, 5) is 35.1. The fourth-order valence-electron chi connectivity index (χ4n) is 4.37. The zero-order valence-electron chi connectivity index (χ0n) is 20.3. The Morgan fingerprint density at radius 2 is 1.51 bits per heavy atom. The summed E-state index contributed by atoms with van der Waals surface area (Å²) < 4.78 is 10.4. The summed E-state index contributed by atoms with van der Waals surface area (Å²) in [6.07, 6.45) is 0.599. The molecule has 0 radical (unpaired) electrons. The van der Waals surface area contributed by atoms with Crippen LogP contribution in [0.25, 0.3) is 11.1 Å². The minimum atomic E-state index is -1.04. The van der Waals surface area contributed by atoms with Crippen LogP contribution in [0.2, 0.25) is 0 Å². The van der Waals surface area contributed by atoms with E-state index in [1.807, 2.05) is 31.2 Å². The van der Waals surface area contributed by atoms with Gasteiger partial charge in [0.2, 0.25) is 5.91 Å². The van der Waals surface area contributed by atoms with Crippen LogP contribution in [-0.2, 0) is 19.1 Å². The number of aliphatic carboxylic acids is 1. The van der Waals surface area contributed by atoms with Crippen molar-refractivity contribution >= 4 is 18.0 Å². The summed E-state index contributed by atoms with van der Waals surface area (Å²) in [5.74, 6) is -0.901. The van der Waals surface area contributed by atoms with Crippen LogP contribution in [0, 0.1) is 5.92 Å². The molecule has 0 fully saturated rings. The number of ether oxygens (including phenoxy) is 2. The maximum atomic E-state index is 12.3. The molecule has 0 saturated heterocycles. The first kappa shape index (κ1) is 26.2. The molecule has 3 rings (SSSR count). The molecule has 0 saturated carbocycles. The van der Waals surface area contributed by atoms with Crippen LogP contribution in [0.1, 0.15) is 49.7 Å². The van der Waals surface area contributed by atoms with E-state index < -0.39 is 18.2 Å². The lowest BCUT2D eigenvalue weighted by Gasteiger charge is -2.15. The van der Waals surface area contributed by atoms with Gasteiger partial charge in [0.25, 0.3) is 0 Å². The summed E-state index contributed by atoms with van der Waals surface area (Å²) in [5, 5.41) is 14.4. The second-order valence-electron chi connectivity index (χ2n) is 8.89. The number of nitrogens with one attached hydrogen (secondary N) is 2. The summed E-state index contributed by atoms with van der Waals surface area (Å²) in [7, 11) is 1.33. The second kappa shape index (κ2) is 12.9. The van der Waals surface area contributed by atoms with Crippen LogP contribution in [0.4, 0.5) is 4.79 Å². The van der Waals surface area contributed by atoms with Gasteiger partial charge >= 0.3 is 12.1 Å². The molecule has 8 nitrogen and oxygen atoms in total. The number of benzene rings is 2. The van der Waals surface area contributed by atoms with Crippen LogP contribution in [0.3, 0.4) is 0 Å². The number of hydrogen-bond acceptors (Lipinski definition) is 5. The minimum Gasteiger partial charge on any atom is -0.479 e. The van der Waals surface area contributed by atoms with Gasteiger partial charge in [0.05, 0.1) is 0 Å². The van der Waals surface area contributed by atoms with Gasteiger partial charge in [-0.1, -0.05) is 55.5 Å². The molecule has 0 aliphatic heterocycles. The third-order valence-corrected chi connectivity index (χ3v) is 6.40. The molecular formula is C27H34N2O6. The van der Waals surface area contributed by atoms with Crippen LogP contribution in [-0.4, -0.2) is 56.0 Å². The van der Waals surface area contributed by atoms with Crippen LogP contribution in [0.15, 0.2) is 48.5 Å². The molecule has 2 atom stereocenters. The highest BCUT2D eigenvalue weighted by Gasteiger charge is 2.29. The highest BCUT2D eigenvalue weighted by molar-refractivity contribution is 5.79. The van der Waals surface area contributed by atoms with Crippen molar-refractivity contribution in [2.75, 3.05) is 26.8 Å². The molecule has 1 aliphatic carbocycles. The van der Waals surface area contributed by atoms with Crippen molar-refractivity contribution in [2.45, 2.75) is 44.6 Å². The Morgan fingerprint density at radius 1 is 0.914 bits per heavy atom. The third-order valence-electron chi connectivity index (χ3n) is 6.40. The van der Waals surface area contributed by atoms with Gasteiger partial charge in [-0.2, -0.15) is 0 Å². The van der Waals surface area contributed by atoms with Gasteiger partial charge in [-0.3, -0.25) is 4.79 Å². The number of methoxy groups -OCH3 is 1. The average Bonchev–Trinajstić information content (AvgIpc) is 3.17. The van der Waals surface area contributed by atoms with Crippen molar-refractivity contribution in [1.82, 2.24) is 10.6 Å². The molecule has 0 aromatic heterocycles. The molecule has 2 aromatic carbocycles. The summed E-state index contributed by atoms with van der Waals surface area (Å²) >= 11 is 0. The maximum absolute atomic E-state index is 12.3. The van der Waals surface area contributed by atoms with Crippen molar-refractivity contribution in [3.05, 3.63) is 59.7 Å². The Labute approximate surface area is 206 Å². The number of carboxylic acid groups (broad SMARTS) is 1. The van der Waals surface area contributed by atoms with Gasteiger partial charge in [0.15, 0.2) is 6.10 Å². The number of carbonyl (C=O) groups is 3.